The van der Waals surface area contributed by atoms with E-state index in [1.165, 1.54) is 4.90 Å². The van der Waals surface area contributed by atoms with Crippen LogP contribution in [-0.2, 0) is 26.2 Å². The molecule has 1 fully saturated rings. The molecule has 36 heavy (non-hydrogen) atoms. The largest absolute Gasteiger partial charge is 0.352 e. The zero-order valence-corrected chi connectivity index (χ0v) is 23.2. The first-order valence-corrected chi connectivity index (χ1v) is 14.7. The van der Waals surface area contributed by atoms with Gasteiger partial charge in [0.15, 0.2) is 0 Å². The van der Waals surface area contributed by atoms with Gasteiger partial charge in [-0.05, 0) is 56.0 Å². The summed E-state index contributed by atoms with van der Waals surface area (Å²) in [5.74, 6) is -0.784. The van der Waals surface area contributed by atoms with Crippen LogP contribution in [-0.4, -0.2) is 50.0 Å². The van der Waals surface area contributed by atoms with E-state index in [0.717, 1.165) is 41.8 Å². The Bertz CT molecular complexity index is 1180. The quantitative estimate of drug-likeness (QED) is 0.451. The number of aryl methyl sites for hydroxylation is 1. The Kier molecular flexibility index (Phi) is 9.66. The molecule has 0 bridgehead atoms. The van der Waals surface area contributed by atoms with Gasteiger partial charge in [0, 0.05) is 28.2 Å². The Morgan fingerprint density at radius 1 is 1.08 bits per heavy atom. The van der Waals surface area contributed by atoms with Gasteiger partial charge in [0.1, 0.15) is 12.6 Å². The normalized spacial score (nSPS) is 14.9. The van der Waals surface area contributed by atoms with Crippen LogP contribution in [0.25, 0.3) is 0 Å². The predicted octanol–water partition coefficient (Wildman–Crippen LogP) is 4.93. The highest BCUT2D eigenvalue weighted by atomic mass is 35.5. The van der Waals surface area contributed by atoms with E-state index in [4.69, 9.17) is 23.2 Å². The number of halogens is 2. The molecule has 0 aromatic heterocycles. The highest BCUT2D eigenvalue weighted by Crippen LogP contribution is 2.28. The average Bonchev–Trinajstić information content (AvgIpc) is 3.31. The number of rotatable bonds is 10. The molecule has 1 atom stereocenters. The molecule has 0 saturated heterocycles. The van der Waals surface area contributed by atoms with Crippen molar-refractivity contribution in [2.75, 3.05) is 17.1 Å². The lowest BCUT2D eigenvalue weighted by atomic mass is 10.1. The summed E-state index contributed by atoms with van der Waals surface area (Å²) in [4.78, 5) is 28.5. The van der Waals surface area contributed by atoms with Crippen LogP contribution >= 0.6 is 23.2 Å². The van der Waals surface area contributed by atoms with Gasteiger partial charge in [0.25, 0.3) is 0 Å². The Labute approximate surface area is 223 Å². The van der Waals surface area contributed by atoms with Crippen LogP contribution in [0.15, 0.2) is 42.5 Å². The van der Waals surface area contributed by atoms with Crippen molar-refractivity contribution in [2.24, 2.45) is 0 Å². The maximum atomic E-state index is 13.8. The third-order valence-corrected chi connectivity index (χ3v) is 8.30. The second-order valence-corrected chi connectivity index (χ2v) is 12.0. The summed E-state index contributed by atoms with van der Waals surface area (Å²) in [5, 5.41) is 3.80. The second-order valence-electron chi connectivity index (χ2n) is 9.24. The van der Waals surface area contributed by atoms with Crippen molar-refractivity contribution < 1.29 is 18.0 Å². The summed E-state index contributed by atoms with van der Waals surface area (Å²) in [5.41, 5.74) is 1.74. The topological polar surface area (TPSA) is 86.8 Å². The van der Waals surface area contributed by atoms with E-state index in [0.29, 0.717) is 27.7 Å². The van der Waals surface area contributed by atoms with Gasteiger partial charge < -0.3 is 10.2 Å². The summed E-state index contributed by atoms with van der Waals surface area (Å²) in [7, 11) is -3.79. The molecule has 0 heterocycles. The Morgan fingerprint density at radius 3 is 2.25 bits per heavy atom. The smallest absolute Gasteiger partial charge is 0.244 e. The molecule has 2 aromatic carbocycles. The third-order valence-electron chi connectivity index (χ3n) is 6.45. The number of sulfonamides is 1. The minimum absolute atomic E-state index is 0.0284. The van der Waals surface area contributed by atoms with Crippen molar-refractivity contribution in [3.8, 4) is 0 Å². The number of amides is 2. The Balaban J connectivity index is 1.97. The molecule has 1 N–H and O–H groups in total. The van der Waals surface area contributed by atoms with Crippen molar-refractivity contribution in [1.82, 2.24) is 10.2 Å². The summed E-state index contributed by atoms with van der Waals surface area (Å²) in [6.45, 7) is 3.18. The third kappa shape index (κ3) is 7.14. The van der Waals surface area contributed by atoms with Crippen LogP contribution in [0.1, 0.15) is 50.2 Å². The fraction of sp³-hybridized carbons (Fsp3) is 0.462. The van der Waals surface area contributed by atoms with Gasteiger partial charge in [-0.25, -0.2) is 8.42 Å². The molecular formula is C26H33Cl2N3O4S. The van der Waals surface area contributed by atoms with E-state index in [9.17, 15) is 18.0 Å². The first-order chi connectivity index (χ1) is 17.0. The number of carbonyl (C=O) groups is 2. The molecule has 1 saturated carbocycles. The van der Waals surface area contributed by atoms with Crippen molar-refractivity contribution in [2.45, 2.75) is 64.6 Å². The van der Waals surface area contributed by atoms with Crippen molar-refractivity contribution in [3.63, 3.8) is 0 Å². The highest BCUT2D eigenvalue weighted by molar-refractivity contribution is 7.92. The van der Waals surface area contributed by atoms with Crippen LogP contribution in [0, 0.1) is 6.92 Å². The van der Waals surface area contributed by atoms with Gasteiger partial charge >= 0.3 is 0 Å². The molecule has 10 heteroatoms. The van der Waals surface area contributed by atoms with Crippen LogP contribution < -0.4 is 9.62 Å². The van der Waals surface area contributed by atoms with Crippen LogP contribution in [0.3, 0.4) is 0 Å². The zero-order valence-electron chi connectivity index (χ0n) is 20.8. The molecule has 2 aromatic rings. The molecule has 0 radical (unpaired) electrons. The van der Waals surface area contributed by atoms with E-state index in [1.54, 1.807) is 36.4 Å². The second kappa shape index (κ2) is 12.3. The number of nitrogens with one attached hydrogen (secondary N) is 1. The Morgan fingerprint density at radius 2 is 1.69 bits per heavy atom. The lowest BCUT2D eigenvalue weighted by molar-refractivity contribution is -0.140. The molecule has 1 aliphatic carbocycles. The van der Waals surface area contributed by atoms with Gasteiger partial charge in [-0.15, -0.1) is 0 Å². The number of benzene rings is 2. The molecule has 1 aliphatic rings. The van der Waals surface area contributed by atoms with Crippen molar-refractivity contribution in [1.29, 1.82) is 0 Å². The van der Waals surface area contributed by atoms with E-state index >= 15 is 0 Å². The summed E-state index contributed by atoms with van der Waals surface area (Å²) < 4.78 is 26.5. The molecule has 0 spiro atoms. The Hall–Kier alpha value is -2.29. The van der Waals surface area contributed by atoms with Crippen LogP contribution in [0.5, 0.6) is 0 Å². The first-order valence-electron chi connectivity index (χ1n) is 12.1. The lowest BCUT2D eigenvalue weighted by Gasteiger charge is -2.33. The first kappa shape index (κ1) is 28.3. The van der Waals surface area contributed by atoms with Crippen molar-refractivity contribution >= 4 is 50.7 Å². The van der Waals surface area contributed by atoms with Gasteiger partial charge in [0.2, 0.25) is 21.8 Å². The fourth-order valence-corrected chi connectivity index (χ4v) is 5.90. The van der Waals surface area contributed by atoms with Gasteiger partial charge in [0.05, 0.1) is 11.9 Å². The predicted molar refractivity (Wildman–Crippen MR) is 145 cm³/mol. The molecular weight excluding hydrogens is 521 g/mol. The lowest BCUT2D eigenvalue weighted by Crippen LogP contribution is -2.53. The summed E-state index contributed by atoms with van der Waals surface area (Å²) >= 11 is 12.8. The molecule has 0 unspecified atom stereocenters. The van der Waals surface area contributed by atoms with E-state index in [-0.39, 0.29) is 18.5 Å². The number of hydrogen-bond donors (Lipinski definition) is 1. The highest BCUT2D eigenvalue weighted by Gasteiger charge is 2.33. The summed E-state index contributed by atoms with van der Waals surface area (Å²) in [6, 6.07) is 11.2. The maximum absolute atomic E-state index is 13.8. The number of hydrogen-bond acceptors (Lipinski definition) is 4. The average molecular weight is 555 g/mol. The van der Waals surface area contributed by atoms with Gasteiger partial charge in [-0.3, -0.25) is 13.9 Å². The van der Waals surface area contributed by atoms with Gasteiger partial charge in [-0.2, -0.15) is 0 Å². The standard InChI is InChI=1S/C26H33Cl2N3O4S/c1-4-24(26(33)29-19-10-5-6-11-19)30(16-21-22(27)13-8-14-23(21)28)25(32)17-31(36(3,34)35)20-12-7-9-18(2)15-20/h7-9,12-15,19,24H,4-6,10-11,16-17H2,1-3H3,(H,29,33)/t24-/m0/s1. The minimum Gasteiger partial charge on any atom is -0.352 e. The van der Waals surface area contributed by atoms with E-state index in [1.807, 2.05) is 19.9 Å². The van der Waals surface area contributed by atoms with Crippen LogP contribution in [0.4, 0.5) is 5.69 Å². The minimum atomic E-state index is -3.79. The summed E-state index contributed by atoms with van der Waals surface area (Å²) in [6.07, 6.45) is 5.32. The van der Waals surface area contributed by atoms with E-state index in [2.05, 4.69) is 5.32 Å². The van der Waals surface area contributed by atoms with Crippen LogP contribution in [0.2, 0.25) is 10.0 Å². The molecule has 196 valence electrons. The SMILES string of the molecule is CC[C@@H](C(=O)NC1CCCC1)N(Cc1c(Cl)cccc1Cl)C(=O)CN(c1cccc(C)c1)S(C)(=O)=O. The number of carbonyl (C=O) groups excluding carboxylic acids is 2. The number of anilines is 1. The monoisotopic (exact) mass is 553 g/mol. The number of nitrogens with zero attached hydrogens (tertiary/aromatic N) is 2. The van der Waals surface area contributed by atoms with Gasteiger partial charge in [-0.1, -0.05) is 61.2 Å². The van der Waals surface area contributed by atoms with E-state index < -0.39 is 28.5 Å². The fourth-order valence-electron chi connectivity index (χ4n) is 4.54. The molecule has 3 rings (SSSR count). The molecule has 2 amide bonds. The zero-order chi connectivity index (χ0) is 26.5. The molecule has 7 nitrogen and oxygen atoms in total. The molecule has 0 aliphatic heterocycles. The van der Waals surface area contributed by atoms with Crippen molar-refractivity contribution in [3.05, 3.63) is 63.6 Å². The maximum Gasteiger partial charge on any atom is 0.244 e.